The molecular formula is C8H10O3. The molecule has 60 valence electrons. The Hall–Kier alpha value is -1.12. The Morgan fingerprint density at radius 2 is 2.09 bits per heavy atom. The van der Waals surface area contributed by atoms with Crippen LogP contribution in [0.25, 0.3) is 0 Å². The number of carboxylic acids is 1. The van der Waals surface area contributed by atoms with E-state index in [0.29, 0.717) is 12.0 Å². The van der Waals surface area contributed by atoms with Gasteiger partial charge in [-0.1, -0.05) is 5.57 Å². The lowest BCUT2D eigenvalue weighted by Gasteiger charge is -2.12. The monoisotopic (exact) mass is 154 g/mol. The third-order valence-corrected chi connectivity index (χ3v) is 1.88. The van der Waals surface area contributed by atoms with Crippen molar-refractivity contribution in [2.24, 2.45) is 0 Å². The second-order valence-corrected chi connectivity index (χ2v) is 2.74. The second kappa shape index (κ2) is 2.86. The fourth-order valence-corrected chi connectivity index (χ4v) is 1.30. The van der Waals surface area contributed by atoms with Crippen LogP contribution in [0, 0.1) is 0 Å². The highest BCUT2D eigenvalue weighted by atomic mass is 16.4. The minimum Gasteiger partial charge on any atom is -0.478 e. The minimum atomic E-state index is -1.08. The molecule has 1 N–H and O–H groups in total. The van der Waals surface area contributed by atoms with Gasteiger partial charge in [0.2, 0.25) is 0 Å². The average Bonchev–Trinajstić information content (AvgIpc) is 1.85. The summed E-state index contributed by atoms with van der Waals surface area (Å²) in [5.41, 5.74) is 0.727. The van der Waals surface area contributed by atoms with Gasteiger partial charge in [-0.05, 0) is 19.8 Å². The van der Waals surface area contributed by atoms with E-state index in [-0.39, 0.29) is 11.4 Å². The van der Waals surface area contributed by atoms with Gasteiger partial charge in [0.15, 0.2) is 5.78 Å². The Bertz CT molecular complexity index is 238. The molecule has 3 heteroatoms. The van der Waals surface area contributed by atoms with E-state index >= 15 is 0 Å². The first-order chi connectivity index (χ1) is 5.13. The highest BCUT2D eigenvalue weighted by Crippen LogP contribution is 2.21. The fourth-order valence-electron chi connectivity index (χ4n) is 1.30. The molecule has 0 amide bonds. The highest BCUT2D eigenvalue weighted by molar-refractivity contribution is 6.17. The molecule has 0 aromatic heterocycles. The molecule has 3 nitrogen and oxygen atoms in total. The minimum absolute atomic E-state index is 0.0104. The van der Waals surface area contributed by atoms with E-state index in [0.717, 1.165) is 12.8 Å². The topological polar surface area (TPSA) is 54.4 Å². The number of carbonyl (C=O) groups is 2. The van der Waals surface area contributed by atoms with Crippen molar-refractivity contribution in [2.45, 2.75) is 26.2 Å². The lowest BCUT2D eigenvalue weighted by atomic mass is 9.92. The van der Waals surface area contributed by atoms with Gasteiger partial charge in [-0.15, -0.1) is 0 Å². The van der Waals surface area contributed by atoms with Crippen LogP contribution in [0.15, 0.2) is 11.1 Å². The summed E-state index contributed by atoms with van der Waals surface area (Å²) in [6, 6.07) is 0. The summed E-state index contributed by atoms with van der Waals surface area (Å²) in [5.74, 6) is -1.30. The molecule has 0 saturated carbocycles. The summed E-state index contributed by atoms with van der Waals surface area (Å²) < 4.78 is 0. The van der Waals surface area contributed by atoms with Crippen LogP contribution < -0.4 is 0 Å². The Labute approximate surface area is 64.7 Å². The zero-order valence-electron chi connectivity index (χ0n) is 6.39. The Morgan fingerprint density at radius 3 is 2.45 bits per heavy atom. The van der Waals surface area contributed by atoms with Crippen molar-refractivity contribution in [3.63, 3.8) is 0 Å². The maximum Gasteiger partial charge on any atom is 0.339 e. The largest absolute Gasteiger partial charge is 0.478 e. The molecule has 0 heterocycles. The van der Waals surface area contributed by atoms with Crippen LogP contribution in [0.2, 0.25) is 0 Å². The summed E-state index contributed by atoms with van der Waals surface area (Å²) in [5, 5.41) is 8.60. The molecule has 0 spiro atoms. The van der Waals surface area contributed by atoms with Crippen molar-refractivity contribution in [1.82, 2.24) is 0 Å². The van der Waals surface area contributed by atoms with E-state index in [1.54, 1.807) is 6.92 Å². The first kappa shape index (κ1) is 7.98. The molecule has 0 atom stereocenters. The van der Waals surface area contributed by atoms with Crippen LogP contribution >= 0.6 is 0 Å². The predicted molar refractivity (Wildman–Crippen MR) is 39.2 cm³/mol. The second-order valence-electron chi connectivity index (χ2n) is 2.74. The lowest BCUT2D eigenvalue weighted by Crippen LogP contribution is -2.17. The van der Waals surface area contributed by atoms with Crippen LogP contribution in [0.1, 0.15) is 26.2 Å². The molecule has 0 unspecified atom stereocenters. The summed E-state index contributed by atoms with van der Waals surface area (Å²) in [7, 11) is 0. The van der Waals surface area contributed by atoms with Gasteiger partial charge in [0.05, 0.1) is 0 Å². The molecule has 0 saturated heterocycles. The van der Waals surface area contributed by atoms with Gasteiger partial charge in [0, 0.05) is 6.42 Å². The Morgan fingerprint density at radius 1 is 1.45 bits per heavy atom. The number of Topliss-reactive ketones (excluding diaryl/α,β-unsaturated/α-hetero) is 1. The third-order valence-electron chi connectivity index (χ3n) is 1.88. The van der Waals surface area contributed by atoms with E-state index < -0.39 is 5.97 Å². The van der Waals surface area contributed by atoms with Crippen LogP contribution in [-0.2, 0) is 9.59 Å². The lowest BCUT2D eigenvalue weighted by molar-refractivity contribution is -0.134. The fraction of sp³-hybridized carbons (Fsp3) is 0.500. The number of aliphatic carboxylic acids is 1. The number of rotatable bonds is 1. The zero-order chi connectivity index (χ0) is 8.43. The molecule has 0 aromatic rings. The summed E-state index contributed by atoms with van der Waals surface area (Å²) >= 11 is 0. The zero-order valence-corrected chi connectivity index (χ0v) is 6.39. The normalized spacial score (nSPS) is 18.8. The van der Waals surface area contributed by atoms with Gasteiger partial charge in [-0.2, -0.15) is 0 Å². The molecule has 0 aromatic carbocycles. The van der Waals surface area contributed by atoms with Gasteiger partial charge in [0.1, 0.15) is 5.57 Å². The number of carboxylic acid groups (broad SMARTS) is 1. The molecule has 0 bridgehead atoms. The summed E-state index contributed by atoms with van der Waals surface area (Å²) in [4.78, 5) is 21.5. The molecule has 1 rings (SSSR count). The van der Waals surface area contributed by atoms with Crippen molar-refractivity contribution < 1.29 is 14.7 Å². The maximum absolute atomic E-state index is 11.0. The van der Waals surface area contributed by atoms with Crippen LogP contribution in [0.3, 0.4) is 0 Å². The van der Waals surface area contributed by atoms with Crippen molar-refractivity contribution in [3.05, 3.63) is 11.1 Å². The molecular weight excluding hydrogens is 144 g/mol. The quantitative estimate of drug-likeness (QED) is 0.576. The predicted octanol–water partition coefficient (Wildman–Crippen LogP) is 1.14. The first-order valence-corrected chi connectivity index (χ1v) is 3.59. The third kappa shape index (κ3) is 1.48. The number of ketones is 1. The van der Waals surface area contributed by atoms with Gasteiger partial charge in [-0.25, -0.2) is 4.79 Å². The van der Waals surface area contributed by atoms with Crippen molar-refractivity contribution in [2.75, 3.05) is 0 Å². The molecule has 0 aliphatic heterocycles. The Kier molecular flexibility index (Phi) is 2.08. The molecule has 0 fully saturated rings. The van der Waals surface area contributed by atoms with Crippen LogP contribution in [0.4, 0.5) is 0 Å². The standard InChI is InChI=1S/C8H10O3/c1-5-3-2-4-6(9)7(5)8(10)11/h2-4H2,1H3,(H,10,11). The average molecular weight is 154 g/mol. The molecule has 0 radical (unpaired) electrons. The SMILES string of the molecule is CC1=C(C(=O)O)C(=O)CCC1. The van der Waals surface area contributed by atoms with E-state index in [1.807, 2.05) is 0 Å². The first-order valence-electron chi connectivity index (χ1n) is 3.59. The Balaban J connectivity index is 3.01. The number of hydrogen-bond acceptors (Lipinski definition) is 2. The number of carbonyl (C=O) groups excluding carboxylic acids is 1. The molecule has 11 heavy (non-hydrogen) atoms. The van der Waals surface area contributed by atoms with Gasteiger partial charge < -0.3 is 5.11 Å². The van der Waals surface area contributed by atoms with Crippen molar-refractivity contribution >= 4 is 11.8 Å². The number of hydrogen-bond donors (Lipinski definition) is 1. The summed E-state index contributed by atoms with van der Waals surface area (Å²) in [6.07, 6.45) is 1.92. The van der Waals surface area contributed by atoms with E-state index in [1.165, 1.54) is 0 Å². The molecule has 1 aliphatic rings. The smallest absolute Gasteiger partial charge is 0.339 e. The maximum atomic E-state index is 11.0. The number of allylic oxidation sites excluding steroid dienone is 1. The highest BCUT2D eigenvalue weighted by Gasteiger charge is 2.23. The van der Waals surface area contributed by atoms with Gasteiger partial charge in [0.25, 0.3) is 0 Å². The van der Waals surface area contributed by atoms with Gasteiger partial charge >= 0.3 is 5.97 Å². The van der Waals surface area contributed by atoms with Gasteiger partial charge in [-0.3, -0.25) is 4.79 Å². The summed E-state index contributed by atoms with van der Waals surface area (Å²) in [6.45, 7) is 1.71. The molecule has 1 aliphatic carbocycles. The van der Waals surface area contributed by atoms with Crippen LogP contribution in [-0.4, -0.2) is 16.9 Å². The van der Waals surface area contributed by atoms with E-state index in [9.17, 15) is 9.59 Å². The van der Waals surface area contributed by atoms with Crippen LogP contribution in [0.5, 0.6) is 0 Å². The van der Waals surface area contributed by atoms with E-state index in [2.05, 4.69) is 0 Å². The van der Waals surface area contributed by atoms with E-state index in [4.69, 9.17) is 5.11 Å². The van der Waals surface area contributed by atoms with Crippen molar-refractivity contribution in [1.29, 1.82) is 0 Å². The van der Waals surface area contributed by atoms with Crippen molar-refractivity contribution in [3.8, 4) is 0 Å².